The number of carbonyl (C=O) groups excluding carboxylic acids is 1. The first-order valence-corrected chi connectivity index (χ1v) is 9.61. The van der Waals surface area contributed by atoms with E-state index in [1.165, 1.54) is 11.1 Å². The molecule has 1 saturated heterocycles. The molecule has 1 aromatic rings. The van der Waals surface area contributed by atoms with E-state index in [4.69, 9.17) is 4.74 Å². The summed E-state index contributed by atoms with van der Waals surface area (Å²) in [5.74, 6) is 0.993. The Hall–Kier alpha value is -1.39. The van der Waals surface area contributed by atoms with E-state index >= 15 is 0 Å². The van der Waals surface area contributed by atoms with Crippen molar-refractivity contribution in [1.82, 2.24) is 20.4 Å². The van der Waals surface area contributed by atoms with E-state index in [0.29, 0.717) is 19.7 Å². The van der Waals surface area contributed by atoms with Gasteiger partial charge in [0.1, 0.15) is 0 Å². The molecule has 1 amide bonds. The van der Waals surface area contributed by atoms with E-state index < -0.39 is 0 Å². The maximum Gasteiger partial charge on any atom is 0.234 e. The number of amides is 1. The zero-order valence-corrected chi connectivity index (χ0v) is 19.6. The van der Waals surface area contributed by atoms with E-state index in [2.05, 4.69) is 56.6 Å². The number of aliphatic imine (C=N–C) groups is 1. The minimum absolute atomic E-state index is 0. The zero-order chi connectivity index (χ0) is 19.5. The molecule has 0 aromatic heterocycles. The highest BCUT2D eigenvalue weighted by atomic mass is 127. The Morgan fingerprint density at radius 3 is 2.39 bits per heavy atom. The second-order valence-electron chi connectivity index (χ2n) is 6.82. The van der Waals surface area contributed by atoms with Crippen molar-refractivity contribution in [2.75, 3.05) is 66.6 Å². The average Bonchev–Trinajstić information content (AvgIpc) is 2.68. The first-order valence-electron chi connectivity index (χ1n) is 9.61. The Labute approximate surface area is 185 Å². The Morgan fingerprint density at radius 2 is 1.79 bits per heavy atom. The molecule has 1 aliphatic heterocycles. The van der Waals surface area contributed by atoms with Gasteiger partial charge in [-0.2, -0.15) is 0 Å². The number of carbonyl (C=O) groups is 1. The average molecular weight is 503 g/mol. The van der Waals surface area contributed by atoms with E-state index in [1.54, 1.807) is 7.11 Å². The first-order chi connectivity index (χ1) is 13.1. The number of hydrogen-bond donors (Lipinski definition) is 2. The molecule has 1 fully saturated rings. The second-order valence-corrected chi connectivity index (χ2v) is 6.82. The number of rotatable bonds is 8. The molecule has 1 heterocycles. The van der Waals surface area contributed by atoms with Gasteiger partial charge in [-0.1, -0.05) is 29.8 Å². The monoisotopic (exact) mass is 503 g/mol. The van der Waals surface area contributed by atoms with Gasteiger partial charge in [-0.3, -0.25) is 14.7 Å². The first kappa shape index (κ1) is 24.6. The number of nitrogens with one attached hydrogen (secondary N) is 2. The van der Waals surface area contributed by atoms with Crippen molar-refractivity contribution in [3.05, 3.63) is 35.4 Å². The summed E-state index contributed by atoms with van der Waals surface area (Å²) in [4.78, 5) is 20.7. The number of hydrogen-bond acceptors (Lipinski definition) is 4. The summed E-state index contributed by atoms with van der Waals surface area (Å²) in [5.41, 5.74) is 2.61. The van der Waals surface area contributed by atoms with Crippen molar-refractivity contribution in [3.63, 3.8) is 0 Å². The number of aryl methyl sites for hydroxylation is 1. The number of halogens is 1. The Balaban J connectivity index is 0.00000392. The van der Waals surface area contributed by atoms with Crippen molar-refractivity contribution >= 4 is 35.8 Å². The van der Waals surface area contributed by atoms with Crippen LogP contribution in [0.25, 0.3) is 0 Å². The fraction of sp³-hybridized carbons (Fsp3) is 0.600. The van der Waals surface area contributed by atoms with Crippen LogP contribution in [0.15, 0.2) is 29.3 Å². The molecule has 28 heavy (non-hydrogen) atoms. The van der Waals surface area contributed by atoms with Crippen molar-refractivity contribution < 1.29 is 9.53 Å². The molecule has 158 valence electrons. The van der Waals surface area contributed by atoms with Gasteiger partial charge in [-0.25, -0.2) is 0 Å². The summed E-state index contributed by atoms with van der Waals surface area (Å²) < 4.78 is 4.95. The topological polar surface area (TPSA) is 69.2 Å². The van der Waals surface area contributed by atoms with Gasteiger partial charge in [0.2, 0.25) is 5.91 Å². The molecule has 0 unspecified atom stereocenters. The molecule has 2 rings (SSSR count). The summed E-state index contributed by atoms with van der Waals surface area (Å²) in [5, 5.41) is 6.32. The highest BCUT2D eigenvalue weighted by molar-refractivity contribution is 14.0. The Kier molecular flexibility index (Phi) is 12.1. The predicted molar refractivity (Wildman–Crippen MR) is 125 cm³/mol. The van der Waals surface area contributed by atoms with Gasteiger partial charge in [-0.05, 0) is 18.9 Å². The number of guanidine groups is 1. The molecule has 0 atom stereocenters. The number of methoxy groups -OCH3 is 1. The summed E-state index contributed by atoms with van der Waals surface area (Å²) >= 11 is 0. The maximum atomic E-state index is 11.9. The van der Waals surface area contributed by atoms with Gasteiger partial charge in [0.25, 0.3) is 0 Å². The molecular weight excluding hydrogens is 469 g/mol. The molecule has 0 aliphatic carbocycles. The van der Waals surface area contributed by atoms with Crippen LogP contribution >= 0.6 is 24.0 Å². The van der Waals surface area contributed by atoms with Crippen LogP contribution in [-0.4, -0.2) is 88.2 Å². The maximum absolute atomic E-state index is 11.9. The molecule has 0 saturated carbocycles. The SMILES string of the molecule is CN=C(NCCc1ccc(C)cc1)N1CCN(CC(=O)NCCOC)CC1.I. The van der Waals surface area contributed by atoms with E-state index in [1.807, 2.05) is 7.05 Å². The molecule has 0 radical (unpaired) electrons. The van der Waals surface area contributed by atoms with Crippen LogP contribution in [-0.2, 0) is 16.0 Å². The zero-order valence-electron chi connectivity index (χ0n) is 17.2. The highest BCUT2D eigenvalue weighted by Gasteiger charge is 2.20. The largest absolute Gasteiger partial charge is 0.383 e. The van der Waals surface area contributed by atoms with Crippen LogP contribution in [0.4, 0.5) is 0 Å². The number of piperazine rings is 1. The summed E-state index contributed by atoms with van der Waals surface area (Å²) in [7, 11) is 3.46. The lowest BCUT2D eigenvalue weighted by atomic mass is 10.1. The van der Waals surface area contributed by atoms with Crippen molar-refractivity contribution in [3.8, 4) is 0 Å². The van der Waals surface area contributed by atoms with Crippen LogP contribution in [0.3, 0.4) is 0 Å². The van der Waals surface area contributed by atoms with Gasteiger partial charge in [0, 0.05) is 53.4 Å². The number of benzene rings is 1. The fourth-order valence-electron chi connectivity index (χ4n) is 3.07. The van der Waals surface area contributed by atoms with E-state index in [-0.39, 0.29) is 29.9 Å². The van der Waals surface area contributed by atoms with Crippen molar-refractivity contribution in [1.29, 1.82) is 0 Å². The third-order valence-corrected chi connectivity index (χ3v) is 4.70. The van der Waals surface area contributed by atoms with E-state index in [9.17, 15) is 4.79 Å². The molecule has 1 aliphatic rings. The Bertz CT molecular complexity index is 601. The van der Waals surface area contributed by atoms with Gasteiger partial charge in [0.15, 0.2) is 5.96 Å². The Morgan fingerprint density at radius 1 is 1.11 bits per heavy atom. The van der Waals surface area contributed by atoms with E-state index in [0.717, 1.165) is 45.1 Å². The van der Waals surface area contributed by atoms with Crippen molar-refractivity contribution in [2.24, 2.45) is 4.99 Å². The van der Waals surface area contributed by atoms with Gasteiger partial charge in [0.05, 0.1) is 13.2 Å². The van der Waals surface area contributed by atoms with Crippen LogP contribution in [0, 0.1) is 6.92 Å². The lowest BCUT2D eigenvalue weighted by Crippen LogP contribution is -2.54. The third-order valence-electron chi connectivity index (χ3n) is 4.70. The summed E-state index contributed by atoms with van der Waals surface area (Å²) in [6.07, 6.45) is 0.973. The molecule has 0 bridgehead atoms. The third kappa shape index (κ3) is 8.74. The summed E-state index contributed by atoms with van der Waals surface area (Å²) in [6.45, 7) is 7.97. The van der Waals surface area contributed by atoms with Gasteiger partial charge >= 0.3 is 0 Å². The molecule has 7 nitrogen and oxygen atoms in total. The predicted octanol–water partition coefficient (Wildman–Crippen LogP) is 1.11. The molecule has 8 heteroatoms. The van der Waals surface area contributed by atoms with Crippen LogP contribution < -0.4 is 10.6 Å². The summed E-state index contributed by atoms with van der Waals surface area (Å²) in [6, 6.07) is 8.65. The lowest BCUT2D eigenvalue weighted by molar-refractivity contribution is -0.122. The van der Waals surface area contributed by atoms with Gasteiger partial charge in [-0.15, -0.1) is 24.0 Å². The van der Waals surface area contributed by atoms with Crippen LogP contribution in [0.5, 0.6) is 0 Å². The van der Waals surface area contributed by atoms with Gasteiger partial charge < -0.3 is 20.3 Å². The van der Waals surface area contributed by atoms with Crippen LogP contribution in [0.1, 0.15) is 11.1 Å². The molecule has 0 spiro atoms. The minimum atomic E-state index is 0. The molecular formula is C20H34IN5O2. The van der Waals surface area contributed by atoms with Crippen LogP contribution in [0.2, 0.25) is 0 Å². The highest BCUT2D eigenvalue weighted by Crippen LogP contribution is 2.04. The second kappa shape index (κ2) is 13.7. The fourth-order valence-corrected chi connectivity index (χ4v) is 3.07. The standard InChI is InChI=1S/C20H33N5O2.HI/c1-17-4-6-18(7-5-17)8-9-23-20(21-2)25-13-11-24(12-14-25)16-19(26)22-10-15-27-3;/h4-7H,8-16H2,1-3H3,(H,21,23)(H,22,26);1H. The number of ether oxygens (including phenoxy) is 1. The normalized spacial score (nSPS) is 15.1. The lowest BCUT2D eigenvalue weighted by Gasteiger charge is -2.36. The quantitative estimate of drug-likeness (QED) is 0.241. The minimum Gasteiger partial charge on any atom is -0.383 e. The van der Waals surface area contributed by atoms with Crippen molar-refractivity contribution in [2.45, 2.75) is 13.3 Å². The number of nitrogens with zero attached hydrogens (tertiary/aromatic N) is 3. The molecule has 1 aromatic carbocycles. The smallest absolute Gasteiger partial charge is 0.234 e. The molecule has 2 N–H and O–H groups in total.